The maximum absolute atomic E-state index is 12.6. The van der Waals surface area contributed by atoms with E-state index in [1.807, 2.05) is 6.07 Å². The first-order valence-electron chi connectivity index (χ1n) is 8.30. The molecule has 2 aromatic carbocycles. The molecule has 0 radical (unpaired) electrons. The fourth-order valence-electron chi connectivity index (χ4n) is 2.76. The predicted octanol–water partition coefficient (Wildman–Crippen LogP) is 4.38. The van der Waals surface area contributed by atoms with Crippen molar-refractivity contribution in [3.63, 3.8) is 0 Å². The number of fused-ring (bicyclic) bond motifs is 1. The number of nitrogens with zero attached hydrogens (tertiary/aromatic N) is 2. The summed E-state index contributed by atoms with van der Waals surface area (Å²) in [4.78, 5) is 27.5. The van der Waals surface area contributed by atoms with Crippen molar-refractivity contribution in [1.82, 2.24) is 4.98 Å². The van der Waals surface area contributed by atoms with Crippen molar-refractivity contribution in [2.75, 3.05) is 7.11 Å². The Kier molecular flexibility index (Phi) is 5.03. The number of benzene rings is 2. The Morgan fingerprint density at radius 1 is 1.19 bits per heavy atom. The molecule has 3 aromatic rings. The van der Waals surface area contributed by atoms with Crippen molar-refractivity contribution >= 4 is 22.6 Å². The van der Waals surface area contributed by atoms with Gasteiger partial charge in [-0.25, -0.2) is 4.79 Å². The lowest BCUT2D eigenvalue weighted by Gasteiger charge is -2.15. The van der Waals surface area contributed by atoms with E-state index in [-0.39, 0.29) is 5.69 Å². The number of carbonyl (C=O) groups is 1. The zero-order valence-corrected chi connectivity index (χ0v) is 15.1. The Bertz CT molecular complexity index is 1030. The van der Waals surface area contributed by atoms with Crippen LogP contribution in [0.3, 0.4) is 0 Å². The molecule has 0 saturated heterocycles. The molecule has 1 atom stereocenters. The highest BCUT2D eigenvalue weighted by Gasteiger charge is 2.19. The van der Waals surface area contributed by atoms with Crippen molar-refractivity contribution in [3.8, 4) is 5.75 Å². The smallest absolute Gasteiger partial charge is 0.340 e. The molecule has 0 unspecified atom stereocenters. The number of pyridine rings is 1. The molecule has 7 heteroatoms. The summed E-state index contributed by atoms with van der Waals surface area (Å²) in [6, 6.07) is 13.2. The van der Waals surface area contributed by atoms with Crippen molar-refractivity contribution in [3.05, 3.63) is 75.5 Å². The zero-order valence-electron chi connectivity index (χ0n) is 15.1. The molecule has 3 rings (SSSR count). The van der Waals surface area contributed by atoms with Crippen LogP contribution >= 0.6 is 0 Å². The molecule has 0 N–H and O–H groups in total. The van der Waals surface area contributed by atoms with Crippen LogP contribution in [0.25, 0.3) is 10.9 Å². The number of rotatable bonds is 5. The summed E-state index contributed by atoms with van der Waals surface area (Å²) in [6.45, 7) is 3.40. The van der Waals surface area contributed by atoms with E-state index >= 15 is 0 Å². The van der Waals surface area contributed by atoms with Crippen molar-refractivity contribution in [2.45, 2.75) is 20.0 Å². The number of nitro benzene ring substituents is 1. The number of esters is 1. The minimum Gasteiger partial charge on any atom is -0.497 e. The number of nitro groups is 1. The van der Waals surface area contributed by atoms with Crippen LogP contribution < -0.4 is 4.74 Å². The van der Waals surface area contributed by atoms with Crippen molar-refractivity contribution in [2.24, 2.45) is 0 Å². The van der Waals surface area contributed by atoms with Gasteiger partial charge in [-0.15, -0.1) is 0 Å². The van der Waals surface area contributed by atoms with E-state index in [9.17, 15) is 14.9 Å². The summed E-state index contributed by atoms with van der Waals surface area (Å²) in [5.74, 6) is 0.153. The Balaban J connectivity index is 1.86. The quantitative estimate of drug-likeness (QED) is 0.378. The Morgan fingerprint density at radius 2 is 1.96 bits per heavy atom. The number of carbonyl (C=O) groups excluding carboxylic acids is 1. The molecule has 0 amide bonds. The molecule has 0 fully saturated rings. The van der Waals surface area contributed by atoms with Crippen LogP contribution in [-0.4, -0.2) is 23.0 Å². The Hall–Kier alpha value is -3.48. The average molecular weight is 366 g/mol. The number of non-ortho nitro benzene ring substituents is 1. The van der Waals surface area contributed by atoms with Crippen molar-refractivity contribution < 1.29 is 19.2 Å². The van der Waals surface area contributed by atoms with E-state index in [1.165, 1.54) is 12.1 Å². The second kappa shape index (κ2) is 7.41. The lowest BCUT2D eigenvalue weighted by molar-refractivity contribution is -0.385. The van der Waals surface area contributed by atoms with Crippen LogP contribution in [0.15, 0.2) is 48.5 Å². The summed E-state index contributed by atoms with van der Waals surface area (Å²) < 4.78 is 10.7. The first kappa shape index (κ1) is 18.3. The number of hydrogen-bond donors (Lipinski definition) is 0. The third kappa shape index (κ3) is 3.87. The molecule has 7 nitrogen and oxygen atoms in total. The van der Waals surface area contributed by atoms with Gasteiger partial charge in [0, 0.05) is 23.6 Å². The number of methoxy groups -OCH3 is 1. The molecule has 0 aliphatic carbocycles. The van der Waals surface area contributed by atoms with Gasteiger partial charge in [-0.05, 0) is 37.6 Å². The summed E-state index contributed by atoms with van der Waals surface area (Å²) in [5.41, 5.74) is 2.11. The van der Waals surface area contributed by atoms with E-state index in [4.69, 9.17) is 9.47 Å². The van der Waals surface area contributed by atoms with Crippen LogP contribution in [0.5, 0.6) is 5.75 Å². The fourth-order valence-corrected chi connectivity index (χ4v) is 2.76. The first-order chi connectivity index (χ1) is 12.9. The Labute approximate surface area is 155 Å². The third-order valence-corrected chi connectivity index (χ3v) is 4.27. The summed E-state index contributed by atoms with van der Waals surface area (Å²) >= 11 is 0. The van der Waals surface area contributed by atoms with Crippen LogP contribution in [0, 0.1) is 17.0 Å². The lowest BCUT2D eigenvalue weighted by atomic mass is 10.1. The fraction of sp³-hybridized carbons (Fsp3) is 0.200. The molecule has 0 bridgehead atoms. The van der Waals surface area contributed by atoms with Crippen LogP contribution in [0.2, 0.25) is 0 Å². The second-order valence-corrected chi connectivity index (χ2v) is 6.08. The molecule has 0 spiro atoms. The van der Waals surface area contributed by atoms with Gasteiger partial charge in [0.05, 0.1) is 28.8 Å². The van der Waals surface area contributed by atoms with E-state index in [0.717, 1.165) is 10.9 Å². The molecule has 0 aliphatic rings. The molecule has 138 valence electrons. The maximum Gasteiger partial charge on any atom is 0.340 e. The largest absolute Gasteiger partial charge is 0.497 e. The second-order valence-electron chi connectivity index (χ2n) is 6.08. The highest BCUT2D eigenvalue weighted by atomic mass is 16.6. The minimum atomic E-state index is -0.636. The highest BCUT2D eigenvalue weighted by molar-refractivity contribution is 5.95. The van der Waals surface area contributed by atoms with Crippen LogP contribution in [0.4, 0.5) is 5.69 Å². The molecule has 1 heterocycles. The average Bonchev–Trinajstić information content (AvgIpc) is 2.66. The van der Waals surface area contributed by atoms with Crippen molar-refractivity contribution in [1.29, 1.82) is 0 Å². The van der Waals surface area contributed by atoms with Gasteiger partial charge in [-0.3, -0.25) is 15.1 Å². The number of hydrogen-bond acceptors (Lipinski definition) is 6. The normalized spacial score (nSPS) is 11.8. The Morgan fingerprint density at radius 3 is 2.67 bits per heavy atom. The van der Waals surface area contributed by atoms with Gasteiger partial charge in [0.15, 0.2) is 0 Å². The summed E-state index contributed by atoms with van der Waals surface area (Å²) in [5, 5.41) is 11.7. The molecular formula is C20H18N2O5. The van der Waals surface area contributed by atoms with Gasteiger partial charge < -0.3 is 9.47 Å². The van der Waals surface area contributed by atoms with E-state index in [0.29, 0.717) is 22.6 Å². The first-order valence-corrected chi connectivity index (χ1v) is 8.30. The maximum atomic E-state index is 12.6. The van der Waals surface area contributed by atoms with Crippen LogP contribution in [-0.2, 0) is 4.74 Å². The van der Waals surface area contributed by atoms with Gasteiger partial charge in [-0.2, -0.15) is 0 Å². The highest BCUT2D eigenvalue weighted by Crippen LogP contribution is 2.25. The van der Waals surface area contributed by atoms with Gasteiger partial charge >= 0.3 is 5.97 Å². The topological polar surface area (TPSA) is 91.6 Å². The van der Waals surface area contributed by atoms with Crippen LogP contribution in [0.1, 0.15) is 34.6 Å². The minimum absolute atomic E-state index is 0.0482. The van der Waals surface area contributed by atoms with E-state index in [1.54, 1.807) is 51.3 Å². The van der Waals surface area contributed by atoms with Gasteiger partial charge in [-0.1, -0.05) is 12.1 Å². The third-order valence-electron chi connectivity index (χ3n) is 4.27. The zero-order chi connectivity index (χ0) is 19.6. The van der Waals surface area contributed by atoms with Gasteiger partial charge in [0.25, 0.3) is 5.69 Å². The lowest BCUT2D eigenvalue weighted by Crippen LogP contribution is -2.11. The number of aromatic nitrogens is 1. The molecular weight excluding hydrogens is 348 g/mol. The standard InChI is InChI=1S/C20H18N2O5/c1-12-18(10-15-7-8-17(26-3)11-19(15)21-12)20(23)27-13(2)14-5-4-6-16(9-14)22(24)25/h4-11,13H,1-3H3/t13-/m1/s1. The summed E-state index contributed by atoms with van der Waals surface area (Å²) in [6.07, 6.45) is -0.636. The monoisotopic (exact) mass is 366 g/mol. The van der Waals surface area contributed by atoms with E-state index in [2.05, 4.69) is 4.98 Å². The number of ether oxygens (including phenoxy) is 2. The van der Waals surface area contributed by atoms with Gasteiger partial charge in [0.1, 0.15) is 11.9 Å². The predicted molar refractivity (Wildman–Crippen MR) is 100.0 cm³/mol. The SMILES string of the molecule is COc1ccc2cc(C(=O)O[C@H](C)c3cccc([N+](=O)[O-])c3)c(C)nc2c1. The molecule has 27 heavy (non-hydrogen) atoms. The molecule has 0 saturated carbocycles. The van der Waals surface area contributed by atoms with Gasteiger partial charge in [0.2, 0.25) is 0 Å². The summed E-state index contributed by atoms with van der Waals surface area (Å²) in [7, 11) is 1.58. The molecule has 0 aliphatic heterocycles. The van der Waals surface area contributed by atoms with E-state index < -0.39 is 17.0 Å². The molecule has 1 aromatic heterocycles. The number of aryl methyl sites for hydroxylation is 1.